The third-order valence-corrected chi connectivity index (χ3v) is 3.00. The van der Waals surface area contributed by atoms with Gasteiger partial charge in [0.1, 0.15) is 5.75 Å². The first kappa shape index (κ1) is 13.5. The molecule has 96 valence electrons. The number of para-hydroxylation sites is 1. The third-order valence-electron chi connectivity index (χ3n) is 2.10. The lowest BCUT2D eigenvalue weighted by atomic mass is 10.3. The summed E-state index contributed by atoms with van der Waals surface area (Å²) in [6.07, 6.45) is 5.44. The quantitative estimate of drug-likeness (QED) is 0.664. The van der Waals surface area contributed by atoms with E-state index in [0.717, 1.165) is 9.65 Å². The van der Waals surface area contributed by atoms with E-state index in [4.69, 9.17) is 9.84 Å². The van der Waals surface area contributed by atoms with Crippen molar-refractivity contribution in [1.29, 1.82) is 0 Å². The van der Waals surface area contributed by atoms with Gasteiger partial charge in [0.2, 0.25) is 0 Å². The number of carboxylic acids is 1. The van der Waals surface area contributed by atoms with Gasteiger partial charge in [0.15, 0.2) is 0 Å². The van der Waals surface area contributed by atoms with E-state index in [0.29, 0.717) is 11.3 Å². The van der Waals surface area contributed by atoms with E-state index in [-0.39, 0.29) is 6.01 Å². The highest BCUT2D eigenvalue weighted by Gasteiger charge is 2.03. The van der Waals surface area contributed by atoms with Crippen molar-refractivity contribution in [2.24, 2.45) is 0 Å². The van der Waals surface area contributed by atoms with Crippen LogP contribution in [0.1, 0.15) is 5.56 Å². The monoisotopic (exact) mass is 368 g/mol. The fourth-order valence-electron chi connectivity index (χ4n) is 1.26. The molecule has 0 bridgehead atoms. The number of carbonyl (C=O) groups is 1. The topological polar surface area (TPSA) is 72.3 Å². The Hall–Kier alpha value is -1.96. The van der Waals surface area contributed by atoms with Gasteiger partial charge < -0.3 is 9.84 Å². The van der Waals surface area contributed by atoms with E-state index in [2.05, 4.69) is 32.6 Å². The molecule has 1 aromatic heterocycles. The summed E-state index contributed by atoms with van der Waals surface area (Å²) in [5, 5.41) is 8.50. The summed E-state index contributed by atoms with van der Waals surface area (Å²) in [5.41, 5.74) is 0.595. The van der Waals surface area contributed by atoms with Gasteiger partial charge in [0.05, 0.1) is 3.57 Å². The molecule has 0 unspecified atom stereocenters. The van der Waals surface area contributed by atoms with Crippen LogP contribution in [0, 0.1) is 3.57 Å². The Bertz CT molecular complexity index is 612. The molecule has 0 saturated heterocycles. The minimum atomic E-state index is -1.01. The second-order valence-electron chi connectivity index (χ2n) is 3.50. The van der Waals surface area contributed by atoms with Crippen molar-refractivity contribution in [2.75, 3.05) is 0 Å². The van der Waals surface area contributed by atoms with Gasteiger partial charge >= 0.3 is 12.0 Å². The summed E-state index contributed by atoms with van der Waals surface area (Å²) in [6, 6.07) is 7.73. The number of halogens is 1. The Morgan fingerprint density at radius 2 is 1.95 bits per heavy atom. The molecule has 1 N–H and O–H groups in total. The summed E-state index contributed by atoms with van der Waals surface area (Å²) in [4.78, 5) is 18.4. The Labute approximate surface area is 123 Å². The molecule has 0 atom stereocenters. The lowest BCUT2D eigenvalue weighted by molar-refractivity contribution is -0.131. The maximum Gasteiger partial charge on any atom is 0.328 e. The van der Waals surface area contributed by atoms with Crippen molar-refractivity contribution in [3.63, 3.8) is 0 Å². The van der Waals surface area contributed by atoms with Crippen LogP contribution in [-0.2, 0) is 4.79 Å². The second kappa shape index (κ2) is 6.28. The maximum atomic E-state index is 10.4. The van der Waals surface area contributed by atoms with Crippen LogP contribution in [-0.4, -0.2) is 21.0 Å². The zero-order valence-electron chi connectivity index (χ0n) is 9.65. The zero-order chi connectivity index (χ0) is 13.7. The molecule has 0 aliphatic rings. The molecule has 0 saturated carbocycles. The molecule has 6 heteroatoms. The summed E-state index contributed by atoms with van der Waals surface area (Å²) in [5.74, 6) is -0.337. The molecule has 1 heterocycles. The summed E-state index contributed by atoms with van der Waals surface area (Å²) < 4.78 is 6.48. The molecule has 19 heavy (non-hydrogen) atoms. The van der Waals surface area contributed by atoms with Crippen LogP contribution in [0.3, 0.4) is 0 Å². The highest BCUT2D eigenvalue weighted by molar-refractivity contribution is 14.1. The number of nitrogens with zero attached hydrogens (tertiary/aromatic N) is 2. The molecular weight excluding hydrogens is 359 g/mol. The highest BCUT2D eigenvalue weighted by atomic mass is 127. The Morgan fingerprint density at radius 3 is 2.58 bits per heavy atom. The number of carboxylic acid groups (broad SMARTS) is 1. The number of aliphatic carboxylic acids is 1. The van der Waals surface area contributed by atoms with Gasteiger partial charge in [0.25, 0.3) is 0 Å². The first-order chi connectivity index (χ1) is 9.15. The number of aromatic nitrogens is 2. The van der Waals surface area contributed by atoms with Gasteiger partial charge in [0, 0.05) is 24.0 Å². The van der Waals surface area contributed by atoms with E-state index in [1.165, 1.54) is 18.5 Å². The average molecular weight is 368 g/mol. The van der Waals surface area contributed by atoms with Crippen molar-refractivity contribution in [3.8, 4) is 11.8 Å². The fourth-order valence-corrected chi connectivity index (χ4v) is 1.76. The molecule has 0 amide bonds. The number of ether oxygens (including phenoxy) is 1. The molecule has 2 rings (SSSR count). The fraction of sp³-hybridized carbons (Fsp3) is 0. The predicted octanol–water partition coefficient (Wildman–Crippen LogP) is 2.97. The van der Waals surface area contributed by atoms with Gasteiger partial charge in [-0.1, -0.05) is 12.1 Å². The standard InChI is InChI=1S/C13H9IN2O3/c14-10-3-1-2-4-11(10)19-13-15-7-9(8-16-13)5-6-12(17)18/h1-8H,(H,17,18)/b6-5+. The third kappa shape index (κ3) is 4.02. The number of benzene rings is 1. The van der Waals surface area contributed by atoms with Gasteiger partial charge in [-0.05, 0) is 40.8 Å². The van der Waals surface area contributed by atoms with Crippen LogP contribution in [0.4, 0.5) is 0 Å². The molecular formula is C13H9IN2O3. The van der Waals surface area contributed by atoms with Crippen LogP contribution in [0.25, 0.3) is 6.08 Å². The van der Waals surface area contributed by atoms with Gasteiger partial charge in [-0.3, -0.25) is 0 Å². The Balaban J connectivity index is 2.11. The van der Waals surface area contributed by atoms with Gasteiger partial charge in [-0.2, -0.15) is 0 Å². The summed E-state index contributed by atoms with van der Waals surface area (Å²) in [7, 11) is 0. The minimum Gasteiger partial charge on any atom is -0.478 e. The van der Waals surface area contributed by atoms with Crippen LogP contribution in [0.5, 0.6) is 11.8 Å². The number of rotatable bonds is 4. The van der Waals surface area contributed by atoms with E-state index in [1.54, 1.807) is 0 Å². The normalized spacial score (nSPS) is 10.6. The van der Waals surface area contributed by atoms with Crippen molar-refractivity contribution >= 4 is 34.6 Å². The van der Waals surface area contributed by atoms with Gasteiger partial charge in [-0.15, -0.1) is 0 Å². The Morgan fingerprint density at radius 1 is 1.26 bits per heavy atom. The van der Waals surface area contributed by atoms with E-state index in [1.807, 2.05) is 24.3 Å². The van der Waals surface area contributed by atoms with Crippen LogP contribution >= 0.6 is 22.6 Å². The number of hydrogen-bond acceptors (Lipinski definition) is 4. The first-order valence-corrected chi connectivity index (χ1v) is 6.38. The molecule has 2 aromatic rings. The smallest absolute Gasteiger partial charge is 0.328 e. The van der Waals surface area contributed by atoms with Crippen LogP contribution in [0.15, 0.2) is 42.7 Å². The molecule has 0 spiro atoms. The van der Waals surface area contributed by atoms with E-state index >= 15 is 0 Å². The maximum absolute atomic E-state index is 10.4. The lowest BCUT2D eigenvalue weighted by Crippen LogP contribution is -1.93. The molecule has 0 aliphatic heterocycles. The largest absolute Gasteiger partial charge is 0.478 e. The highest BCUT2D eigenvalue weighted by Crippen LogP contribution is 2.23. The van der Waals surface area contributed by atoms with Crippen LogP contribution in [0.2, 0.25) is 0 Å². The van der Waals surface area contributed by atoms with Crippen molar-refractivity contribution in [3.05, 3.63) is 51.9 Å². The molecule has 0 fully saturated rings. The number of hydrogen-bond donors (Lipinski definition) is 1. The first-order valence-electron chi connectivity index (χ1n) is 5.30. The molecule has 5 nitrogen and oxygen atoms in total. The van der Waals surface area contributed by atoms with Crippen LogP contribution < -0.4 is 4.74 Å². The second-order valence-corrected chi connectivity index (χ2v) is 4.67. The summed E-state index contributed by atoms with van der Waals surface area (Å²) in [6.45, 7) is 0. The average Bonchev–Trinajstić information content (AvgIpc) is 2.40. The Kier molecular flexibility index (Phi) is 4.45. The van der Waals surface area contributed by atoms with Crippen molar-refractivity contribution < 1.29 is 14.6 Å². The summed E-state index contributed by atoms with van der Waals surface area (Å²) >= 11 is 2.16. The lowest BCUT2D eigenvalue weighted by Gasteiger charge is -2.05. The van der Waals surface area contributed by atoms with E-state index in [9.17, 15) is 4.79 Å². The van der Waals surface area contributed by atoms with E-state index < -0.39 is 5.97 Å². The molecule has 1 aromatic carbocycles. The molecule has 0 radical (unpaired) electrons. The minimum absolute atomic E-state index is 0.219. The molecule has 0 aliphatic carbocycles. The van der Waals surface area contributed by atoms with Gasteiger partial charge in [-0.25, -0.2) is 14.8 Å². The SMILES string of the molecule is O=C(O)/C=C/c1cnc(Oc2ccccc2I)nc1. The zero-order valence-corrected chi connectivity index (χ0v) is 11.8. The predicted molar refractivity (Wildman–Crippen MR) is 77.9 cm³/mol. The van der Waals surface area contributed by atoms with Crippen molar-refractivity contribution in [2.45, 2.75) is 0 Å². The van der Waals surface area contributed by atoms with Crippen molar-refractivity contribution in [1.82, 2.24) is 9.97 Å².